The van der Waals surface area contributed by atoms with Crippen molar-refractivity contribution in [2.45, 2.75) is 40.7 Å². The van der Waals surface area contributed by atoms with E-state index in [0.717, 1.165) is 0 Å². The minimum absolute atomic E-state index is 0.350. The van der Waals surface area contributed by atoms with Gasteiger partial charge in [-0.1, -0.05) is 40.7 Å². The molecule has 14 heavy (non-hydrogen) atoms. The first-order valence-corrected chi connectivity index (χ1v) is 5.54. The fourth-order valence-electron chi connectivity index (χ4n) is 1.83. The zero-order valence-electron chi connectivity index (χ0n) is 11.0. The van der Waals surface area contributed by atoms with Crippen LogP contribution in [-0.2, 0) is 0 Å². The fraction of sp³-hybridized carbons (Fsp3) is 0.846. The first kappa shape index (κ1) is 13.7. The predicted octanol–water partition coefficient (Wildman–Crippen LogP) is 3.42. The Morgan fingerprint density at radius 2 is 1.57 bits per heavy atom. The van der Waals surface area contributed by atoms with E-state index in [9.17, 15) is 0 Å². The van der Waals surface area contributed by atoms with E-state index in [1.54, 1.807) is 0 Å². The standard InChI is InChI=1S/C13H27N/c1-9-12(14(7)8)11(4)13(5,6)10(2)3/h9-12H,1H2,2-8H3. The summed E-state index contributed by atoms with van der Waals surface area (Å²) in [4.78, 5) is 2.25. The van der Waals surface area contributed by atoms with Crippen molar-refractivity contribution in [2.75, 3.05) is 14.1 Å². The summed E-state index contributed by atoms with van der Waals surface area (Å²) < 4.78 is 0. The molecule has 0 fully saturated rings. The summed E-state index contributed by atoms with van der Waals surface area (Å²) in [5.41, 5.74) is 0.350. The van der Waals surface area contributed by atoms with E-state index in [-0.39, 0.29) is 0 Å². The van der Waals surface area contributed by atoms with E-state index in [0.29, 0.717) is 23.3 Å². The second-order valence-corrected chi connectivity index (χ2v) is 5.45. The quantitative estimate of drug-likeness (QED) is 0.610. The molecule has 0 radical (unpaired) electrons. The van der Waals surface area contributed by atoms with Gasteiger partial charge in [-0.15, -0.1) is 6.58 Å². The SMILES string of the molecule is C=CC(C(C)C(C)(C)C(C)C)N(C)C. The van der Waals surface area contributed by atoms with Gasteiger partial charge >= 0.3 is 0 Å². The average Bonchev–Trinajstić information content (AvgIpc) is 2.04. The first-order chi connectivity index (χ1) is 6.25. The Labute approximate surface area is 90.2 Å². The molecule has 0 aromatic rings. The third-order valence-electron chi connectivity index (χ3n) is 4.01. The molecule has 0 aromatic heterocycles. The lowest BCUT2D eigenvalue weighted by Crippen LogP contribution is -2.42. The van der Waals surface area contributed by atoms with Gasteiger partial charge in [0, 0.05) is 6.04 Å². The molecule has 0 rings (SSSR count). The van der Waals surface area contributed by atoms with Crippen molar-refractivity contribution in [1.82, 2.24) is 4.90 Å². The van der Waals surface area contributed by atoms with Crippen molar-refractivity contribution >= 4 is 0 Å². The largest absolute Gasteiger partial charge is 0.303 e. The minimum Gasteiger partial charge on any atom is -0.303 e. The van der Waals surface area contributed by atoms with E-state index in [2.05, 4.69) is 66.3 Å². The lowest BCUT2D eigenvalue weighted by Gasteiger charge is -2.41. The van der Waals surface area contributed by atoms with Crippen LogP contribution < -0.4 is 0 Å². The third kappa shape index (κ3) is 2.84. The first-order valence-electron chi connectivity index (χ1n) is 5.54. The van der Waals surface area contributed by atoms with Crippen LogP contribution in [0.1, 0.15) is 34.6 Å². The van der Waals surface area contributed by atoms with Gasteiger partial charge in [0.05, 0.1) is 0 Å². The molecule has 0 saturated heterocycles. The Morgan fingerprint density at radius 1 is 1.14 bits per heavy atom. The molecular weight excluding hydrogens is 170 g/mol. The van der Waals surface area contributed by atoms with Gasteiger partial charge < -0.3 is 4.90 Å². The summed E-state index contributed by atoms with van der Waals surface area (Å²) in [5.74, 6) is 1.31. The molecule has 1 heteroatoms. The molecule has 0 amide bonds. The Bertz CT molecular complexity index is 180. The van der Waals surface area contributed by atoms with Gasteiger partial charge in [0.1, 0.15) is 0 Å². The van der Waals surface area contributed by atoms with E-state index >= 15 is 0 Å². The maximum atomic E-state index is 3.93. The predicted molar refractivity (Wildman–Crippen MR) is 65.5 cm³/mol. The highest BCUT2D eigenvalue weighted by Crippen LogP contribution is 2.37. The summed E-state index contributed by atoms with van der Waals surface area (Å²) in [6, 6.07) is 0.465. The van der Waals surface area contributed by atoms with Gasteiger partial charge in [-0.3, -0.25) is 0 Å². The third-order valence-corrected chi connectivity index (χ3v) is 4.01. The summed E-state index contributed by atoms with van der Waals surface area (Å²) in [5, 5.41) is 0. The molecular formula is C13H27N. The Morgan fingerprint density at radius 3 is 1.79 bits per heavy atom. The van der Waals surface area contributed by atoms with Gasteiger partial charge in [0.15, 0.2) is 0 Å². The molecule has 0 aliphatic heterocycles. The highest BCUT2D eigenvalue weighted by atomic mass is 15.1. The number of hydrogen-bond acceptors (Lipinski definition) is 1. The lowest BCUT2D eigenvalue weighted by atomic mass is 9.68. The molecule has 0 spiro atoms. The molecule has 0 heterocycles. The normalized spacial score (nSPS) is 17.2. The Balaban J connectivity index is 4.73. The van der Waals surface area contributed by atoms with Gasteiger partial charge in [-0.05, 0) is 31.3 Å². The highest BCUT2D eigenvalue weighted by Gasteiger charge is 2.34. The second kappa shape index (κ2) is 4.97. The molecule has 2 atom stereocenters. The van der Waals surface area contributed by atoms with Crippen LogP contribution in [0.4, 0.5) is 0 Å². The lowest BCUT2D eigenvalue weighted by molar-refractivity contribution is 0.0928. The molecule has 0 aromatic carbocycles. The Hall–Kier alpha value is -0.300. The monoisotopic (exact) mass is 197 g/mol. The molecule has 0 aliphatic rings. The van der Waals surface area contributed by atoms with E-state index < -0.39 is 0 Å². The molecule has 0 N–H and O–H groups in total. The maximum absolute atomic E-state index is 3.93. The van der Waals surface area contributed by atoms with Crippen LogP contribution in [0, 0.1) is 17.3 Å². The van der Waals surface area contributed by atoms with Crippen molar-refractivity contribution in [3.05, 3.63) is 12.7 Å². The van der Waals surface area contributed by atoms with E-state index in [1.165, 1.54) is 0 Å². The van der Waals surface area contributed by atoms with Crippen LogP contribution in [0.5, 0.6) is 0 Å². The van der Waals surface area contributed by atoms with Crippen LogP contribution in [0.25, 0.3) is 0 Å². The molecule has 0 bridgehead atoms. The second-order valence-electron chi connectivity index (χ2n) is 5.45. The van der Waals surface area contributed by atoms with Crippen molar-refractivity contribution in [3.63, 3.8) is 0 Å². The minimum atomic E-state index is 0.350. The number of hydrogen-bond donors (Lipinski definition) is 0. The molecule has 0 aliphatic carbocycles. The topological polar surface area (TPSA) is 3.24 Å². The molecule has 84 valence electrons. The maximum Gasteiger partial charge on any atom is 0.0300 e. The Kier molecular flexibility index (Phi) is 4.87. The van der Waals surface area contributed by atoms with Gasteiger partial charge in [-0.25, -0.2) is 0 Å². The van der Waals surface area contributed by atoms with Crippen molar-refractivity contribution in [2.24, 2.45) is 17.3 Å². The summed E-state index contributed by atoms with van der Waals surface area (Å²) in [7, 11) is 4.25. The zero-order valence-corrected chi connectivity index (χ0v) is 11.0. The molecule has 2 unspecified atom stereocenters. The van der Waals surface area contributed by atoms with Crippen molar-refractivity contribution in [3.8, 4) is 0 Å². The molecule has 1 nitrogen and oxygen atoms in total. The number of likely N-dealkylation sites (N-methyl/N-ethyl adjacent to an activating group) is 1. The van der Waals surface area contributed by atoms with Crippen molar-refractivity contribution < 1.29 is 0 Å². The van der Waals surface area contributed by atoms with Gasteiger partial charge in [0.2, 0.25) is 0 Å². The van der Waals surface area contributed by atoms with Crippen molar-refractivity contribution in [1.29, 1.82) is 0 Å². The number of nitrogens with zero attached hydrogens (tertiary/aromatic N) is 1. The van der Waals surface area contributed by atoms with Crippen LogP contribution in [-0.4, -0.2) is 25.0 Å². The van der Waals surface area contributed by atoms with E-state index in [1.807, 2.05) is 0 Å². The summed E-state index contributed by atoms with van der Waals surface area (Å²) in [6.45, 7) is 15.6. The van der Waals surface area contributed by atoms with Crippen LogP contribution >= 0.6 is 0 Å². The smallest absolute Gasteiger partial charge is 0.0300 e. The van der Waals surface area contributed by atoms with Gasteiger partial charge in [0.25, 0.3) is 0 Å². The summed E-state index contributed by atoms with van der Waals surface area (Å²) in [6.07, 6.45) is 2.06. The van der Waals surface area contributed by atoms with Crippen LogP contribution in [0.15, 0.2) is 12.7 Å². The summed E-state index contributed by atoms with van der Waals surface area (Å²) >= 11 is 0. The fourth-order valence-corrected chi connectivity index (χ4v) is 1.83. The number of rotatable bonds is 5. The van der Waals surface area contributed by atoms with Crippen LogP contribution in [0.3, 0.4) is 0 Å². The average molecular weight is 197 g/mol. The van der Waals surface area contributed by atoms with Crippen LogP contribution in [0.2, 0.25) is 0 Å². The van der Waals surface area contributed by atoms with Gasteiger partial charge in [-0.2, -0.15) is 0 Å². The van der Waals surface area contributed by atoms with E-state index in [4.69, 9.17) is 0 Å². The molecule has 0 saturated carbocycles. The zero-order chi connectivity index (χ0) is 11.5. The highest BCUT2D eigenvalue weighted by molar-refractivity contribution is 4.95.